The van der Waals surface area contributed by atoms with E-state index in [1.807, 2.05) is 41.1 Å². The summed E-state index contributed by atoms with van der Waals surface area (Å²) in [5.41, 5.74) is 2.43. The summed E-state index contributed by atoms with van der Waals surface area (Å²) in [5.74, 6) is -0.189. The number of imidazole rings is 1. The number of carbonyl (C=O) groups excluding carboxylic acids is 2. The minimum atomic E-state index is -0.356. The van der Waals surface area contributed by atoms with Crippen molar-refractivity contribution in [1.82, 2.24) is 19.3 Å². The van der Waals surface area contributed by atoms with Crippen LogP contribution in [0.4, 0.5) is 11.5 Å². The molecule has 0 spiro atoms. The van der Waals surface area contributed by atoms with Crippen LogP contribution >= 0.6 is 0 Å². The second kappa shape index (κ2) is 8.44. The number of aromatic nitrogens is 4. The maximum atomic E-state index is 12.6. The van der Waals surface area contributed by atoms with Crippen molar-refractivity contribution < 1.29 is 9.59 Å². The monoisotopic (exact) mass is 400 g/mol. The molecule has 2 amide bonds. The lowest BCUT2D eigenvalue weighted by Gasteiger charge is -2.07. The van der Waals surface area contributed by atoms with E-state index in [4.69, 9.17) is 0 Å². The predicted octanol–water partition coefficient (Wildman–Crippen LogP) is 3.17. The van der Waals surface area contributed by atoms with Crippen LogP contribution in [0.2, 0.25) is 0 Å². The Balaban J connectivity index is 1.44. The zero-order valence-corrected chi connectivity index (χ0v) is 16.3. The fourth-order valence-electron chi connectivity index (χ4n) is 3.01. The van der Waals surface area contributed by atoms with Crippen LogP contribution in [0.5, 0.6) is 0 Å². The molecule has 0 radical (unpaired) electrons. The Morgan fingerprint density at radius 3 is 2.57 bits per heavy atom. The smallest absolute Gasteiger partial charge is 0.276 e. The number of benzene rings is 2. The Kier molecular flexibility index (Phi) is 5.38. The molecule has 4 rings (SSSR count). The van der Waals surface area contributed by atoms with Crippen LogP contribution in [0.1, 0.15) is 26.4 Å². The van der Waals surface area contributed by atoms with Gasteiger partial charge < -0.3 is 15.2 Å². The average molecular weight is 400 g/mol. The van der Waals surface area contributed by atoms with Crippen LogP contribution in [-0.2, 0) is 13.6 Å². The van der Waals surface area contributed by atoms with E-state index in [1.165, 1.54) is 4.68 Å². The minimum absolute atomic E-state index is 0.209. The topological polar surface area (TPSA) is 93.8 Å². The maximum absolute atomic E-state index is 12.6. The first-order chi connectivity index (χ1) is 14.6. The molecule has 150 valence electrons. The van der Waals surface area contributed by atoms with Gasteiger partial charge in [0.25, 0.3) is 11.8 Å². The third kappa shape index (κ3) is 4.44. The van der Waals surface area contributed by atoms with Crippen LogP contribution < -0.4 is 10.6 Å². The normalized spacial score (nSPS) is 10.6. The van der Waals surface area contributed by atoms with Crippen LogP contribution in [0.3, 0.4) is 0 Å². The zero-order valence-electron chi connectivity index (χ0n) is 16.3. The fraction of sp³-hybridized carbons (Fsp3) is 0.0909. The molecule has 2 N–H and O–H groups in total. The molecule has 0 saturated heterocycles. The first-order valence-electron chi connectivity index (χ1n) is 9.35. The summed E-state index contributed by atoms with van der Waals surface area (Å²) in [6, 6.07) is 18.0. The zero-order chi connectivity index (χ0) is 20.9. The fourth-order valence-corrected chi connectivity index (χ4v) is 3.01. The van der Waals surface area contributed by atoms with E-state index in [2.05, 4.69) is 20.7 Å². The summed E-state index contributed by atoms with van der Waals surface area (Å²) >= 11 is 0. The molecule has 0 saturated carbocycles. The average Bonchev–Trinajstić information content (AvgIpc) is 3.39. The van der Waals surface area contributed by atoms with E-state index in [0.29, 0.717) is 23.6 Å². The van der Waals surface area contributed by atoms with Gasteiger partial charge in [0.2, 0.25) is 0 Å². The van der Waals surface area contributed by atoms with Gasteiger partial charge in [0, 0.05) is 43.3 Å². The van der Waals surface area contributed by atoms with E-state index >= 15 is 0 Å². The molecule has 0 aliphatic rings. The summed E-state index contributed by atoms with van der Waals surface area (Å²) in [5, 5.41) is 9.84. The molecule has 2 aromatic heterocycles. The van der Waals surface area contributed by atoms with Crippen LogP contribution in [-0.4, -0.2) is 31.1 Å². The van der Waals surface area contributed by atoms with Crippen LogP contribution in [0, 0.1) is 0 Å². The minimum Gasteiger partial charge on any atom is -0.333 e. The Bertz CT molecular complexity index is 1170. The standard InChI is InChI=1S/C22H20N6O2/c1-27-20(25-21(29)17-7-3-2-4-8-17)13-19(26-27)22(30)24-18-9-5-6-16(12-18)14-28-11-10-23-15-28/h2-13,15H,14H2,1H3,(H,24,30)(H,25,29). The van der Waals surface area contributed by atoms with E-state index in [0.717, 1.165) is 5.56 Å². The molecule has 0 bridgehead atoms. The first-order valence-corrected chi connectivity index (χ1v) is 9.35. The molecule has 0 atom stereocenters. The number of rotatable bonds is 6. The quantitative estimate of drug-likeness (QED) is 0.520. The van der Waals surface area contributed by atoms with E-state index in [1.54, 1.807) is 49.9 Å². The van der Waals surface area contributed by atoms with Crippen molar-refractivity contribution in [3.63, 3.8) is 0 Å². The molecule has 8 heteroatoms. The number of hydrogen-bond acceptors (Lipinski definition) is 4. The summed E-state index contributed by atoms with van der Waals surface area (Å²) in [6.45, 7) is 0.656. The third-order valence-electron chi connectivity index (χ3n) is 4.50. The summed E-state index contributed by atoms with van der Waals surface area (Å²) in [7, 11) is 1.67. The number of aryl methyl sites for hydroxylation is 1. The number of carbonyl (C=O) groups is 2. The highest BCUT2D eigenvalue weighted by Crippen LogP contribution is 2.16. The van der Waals surface area contributed by atoms with E-state index in [-0.39, 0.29) is 17.5 Å². The molecule has 30 heavy (non-hydrogen) atoms. The van der Waals surface area contributed by atoms with Crippen LogP contribution in [0.15, 0.2) is 79.4 Å². The van der Waals surface area contributed by atoms with Gasteiger partial charge >= 0.3 is 0 Å². The van der Waals surface area contributed by atoms with E-state index < -0.39 is 0 Å². The Morgan fingerprint density at radius 1 is 0.967 bits per heavy atom. The summed E-state index contributed by atoms with van der Waals surface area (Å²) in [6.07, 6.45) is 5.34. The van der Waals surface area contributed by atoms with E-state index in [9.17, 15) is 9.59 Å². The lowest BCUT2D eigenvalue weighted by Crippen LogP contribution is -2.14. The SMILES string of the molecule is Cn1nc(C(=O)Nc2cccc(Cn3ccnc3)c2)cc1NC(=O)c1ccccc1. The van der Waals surface area contributed by atoms with Gasteiger partial charge in [0.1, 0.15) is 5.82 Å². The molecule has 0 aliphatic carbocycles. The molecular formula is C22H20N6O2. The van der Waals surface area contributed by atoms with Crippen molar-refractivity contribution in [3.8, 4) is 0 Å². The highest BCUT2D eigenvalue weighted by atomic mass is 16.2. The number of nitrogens with zero attached hydrogens (tertiary/aromatic N) is 4. The van der Waals surface area contributed by atoms with Gasteiger partial charge in [-0.05, 0) is 29.8 Å². The van der Waals surface area contributed by atoms with Crippen molar-refractivity contribution in [3.05, 3.63) is 96.2 Å². The summed E-state index contributed by atoms with van der Waals surface area (Å²) in [4.78, 5) is 29.0. The first kappa shape index (κ1) is 19.1. The lowest BCUT2D eigenvalue weighted by atomic mass is 10.2. The second-order valence-corrected chi connectivity index (χ2v) is 6.75. The van der Waals surface area contributed by atoms with Crippen molar-refractivity contribution in [2.24, 2.45) is 7.05 Å². The number of anilines is 2. The highest BCUT2D eigenvalue weighted by Gasteiger charge is 2.15. The number of nitrogens with one attached hydrogen (secondary N) is 2. The van der Waals surface area contributed by atoms with Crippen LogP contribution in [0.25, 0.3) is 0 Å². The van der Waals surface area contributed by atoms with Crippen molar-refractivity contribution in [2.75, 3.05) is 10.6 Å². The highest BCUT2D eigenvalue weighted by molar-refractivity contribution is 6.06. The third-order valence-corrected chi connectivity index (χ3v) is 4.50. The van der Waals surface area contributed by atoms with Crippen molar-refractivity contribution >= 4 is 23.3 Å². The molecule has 8 nitrogen and oxygen atoms in total. The molecule has 0 fully saturated rings. The van der Waals surface area contributed by atoms with Crippen molar-refractivity contribution in [1.29, 1.82) is 0 Å². The number of hydrogen-bond donors (Lipinski definition) is 2. The van der Waals surface area contributed by atoms with Gasteiger partial charge in [0.15, 0.2) is 5.69 Å². The Morgan fingerprint density at radius 2 is 1.80 bits per heavy atom. The Labute approximate surface area is 173 Å². The Hall–Kier alpha value is -4.20. The second-order valence-electron chi connectivity index (χ2n) is 6.75. The lowest BCUT2D eigenvalue weighted by molar-refractivity contribution is 0.101. The largest absolute Gasteiger partial charge is 0.333 e. The van der Waals surface area contributed by atoms with Gasteiger partial charge in [-0.2, -0.15) is 5.10 Å². The predicted molar refractivity (Wildman–Crippen MR) is 113 cm³/mol. The number of amides is 2. The van der Waals surface area contributed by atoms with Gasteiger partial charge in [0.05, 0.1) is 6.33 Å². The molecule has 0 aliphatic heterocycles. The van der Waals surface area contributed by atoms with Gasteiger partial charge in [-0.15, -0.1) is 0 Å². The maximum Gasteiger partial charge on any atom is 0.276 e. The molecule has 0 unspecified atom stereocenters. The molecule has 2 heterocycles. The van der Waals surface area contributed by atoms with Gasteiger partial charge in [-0.3, -0.25) is 14.3 Å². The van der Waals surface area contributed by atoms with Gasteiger partial charge in [-0.25, -0.2) is 4.98 Å². The summed E-state index contributed by atoms with van der Waals surface area (Å²) < 4.78 is 3.41. The van der Waals surface area contributed by atoms with Crippen molar-refractivity contribution in [2.45, 2.75) is 6.54 Å². The molecule has 2 aromatic carbocycles. The molecular weight excluding hydrogens is 380 g/mol. The molecule has 4 aromatic rings. The van der Waals surface area contributed by atoms with Gasteiger partial charge in [-0.1, -0.05) is 30.3 Å².